The van der Waals surface area contributed by atoms with Crippen molar-refractivity contribution in [3.05, 3.63) is 29.1 Å². The number of hydrogen-bond acceptors (Lipinski definition) is 3. The molecule has 0 saturated carbocycles. The summed E-state index contributed by atoms with van der Waals surface area (Å²) in [5, 5.41) is 17.6. The minimum atomic E-state index is -1.10. The molecule has 14 heavy (non-hydrogen) atoms. The lowest BCUT2D eigenvalue weighted by atomic mass is 10.0. The molecule has 0 heterocycles. The Kier molecular flexibility index (Phi) is 3.05. The summed E-state index contributed by atoms with van der Waals surface area (Å²) in [5.41, 5.74) is -0.589. The van der Waals surface area contributed by atoms with E-state index < -0.39 is 28.8 Å². The predicted octanol–water partition coefficient (Wildman–Crippen LogP) is 1.82. The molecule has 0 fully saturated rings. The van der Waals surface area contributed by atoms with Crippen molar-refractivity contribution in [3.8, 4) is 11.8 Å². The van der Waals surface area contributed by atoms with Gasteiger partial charge >= 0.3 is 0 Å². The summed E-state index contributed by atoms with van der Waals surface area (Å²) in [5.74, 6) is -2.93. The molecule has 0 spiro atoms. The summed E-state index contributed by atoms with van der Waals surface area (Å²) < 4.78 is 13.2. The van der Waals surface area contributed by atoms with Crippen LogP contribution in [0.5, 0.6) is 5.75 Å². The Bertz CT molecular complexity index is 426. The number of halogens is 2. The Hall–Kier alpha value is -1.60. The number of carbonyl (C=O) groups excluding carboxylic acids is 1. The lowest BCUT2D eigenvalue weighted by Gasteiger charge is -2.03. The monoisotopic (exact) mass is 213 g/mol. The molecule has 5 heteroatoms. The van der Waals surface area contributed by atoms with Gasteiger partial charge in [-0.3, -0.25) is 4.79 Å². The third kappa shape index (κ3) is 1.68. The highest BCUT2D eigenvalue weighted by Gasteiger charge is 2.18. The van der Waals surface area contributed by atoms with Gasteiger partial charge in [-0.1, -0.05) is 0 Å². The molecular formula is C9H5ClFNO2. The first kappa shape index (κ1) is 10.5. The summed E-state index contributed by atoms with van der Waals surface area (Å²) in [6.45, 7) is 0. The Morgan fingerprint density at radius 1 is 1.64 bits per heavy atom. The van der Waals surface area contributed by atoms with Crippen molar-refractivity contribution in [3.63, 3.8) is 0 Å². The van der Waals surface area contributed by atoms with E-state index in [1.807, 2.05) is 0 Å². The summed E-state index contributed by atoms with van der Waals surface area (Å²) in [4.78, 5) is 11.1. The molecule has 3 nitrogen and oxygen atoms in total. The highest BCUT2D eigenvalue weighted by molar-refractivity contribution is 6.30. The molecule has 72 valence electrons. The molecule has 0 aliphatic heterocycles. The maximum atomic E-state index is 13.2. The van der Waals surface area contributed by atoms with E-state index in [0.29, 0.717) is 0 Å². The minimum Gasteiger partial charge on any atom is -0.505 e. The SMILES string of the molecule is N#Cc1ccc(O)c(F)c1C(=O)CCl. The average molecular weight is 214 g/mol. The van der Waals surface area contributed by atoms with E-state index in [9.17, 15) is 9.18 Å². The number of alkyl halides is 1. The number of ketones is 1. The number of nitriles is 1. The van der Waals surface area contributed by atoms with Crippen LogP contribution in [0.3, 0.4) is 0 Å². The lowest BCUT2D eigenvalue weighted by Crippen LogP contribution is -2.06. The lowest BCUT2D eigenvalue weighted by molar-refractivity contribution is 0.101. The van der Waals surface area contributed by atoms with E-state index in [4.69, 9.17) is 22.0 Å². The normalized spacial score (nSPS) is 9.50. The molecule has 0 aliphatic carbocycles. The van der Waals surface area contributed by atoms with Gasteiger partial charge in [0.05, 0.1) is 23.1 Å². The largest absolute Gasteiger partial charge is 0.505 e. The molecule has 0 aromatic heterocycles. The van der Waals surface area contributed by atoms with Crippen LogP contribution in [-0.2, 0) is 0 Å². The fraction of sp³-hybridized carbons (Fsp3) is 0.111. The van der Waals surface area contributed by atoms with Crippen molar-refractivity contribution in [1.82, 2.24) is 0 Å². The van der Waals surface area contributed by atoms with Gasteiger partial charge in [-0.15, -0.1) is 11.6 Å². The first-order valence-corrected chi connectivity index (χ1v) is 4.16. The summed E-state index contributed by atoms with van der Waals surface area (Å²) in [6.07, 6.45) is 0. The molecule has 0 unspecified atom stereocenters. The molecule has 0 bridgehead atoms. The number of Topliss-reactive ketones (excluding diaryl/α,β-unsaturated/α-hetero) is 1. The maximum absolute atomic E-state index is 13.2. The quantitative estimate of drug-likeness (QED) is 0.602. The van der Waals surface area contributed by atoms with Gasteiger partial charge in [-0.2, -0.15) is 5.26 Å². The highest BCUT2D eigenvalue weighted by atomic mass is 35.5. The molecule has 0 radical (unpaired) electrons. The van der Waals surface area contributed by atoms with E-state index in [-0.39, 0.29) is 5.56 Å². The van der Waals surface area contributed by atoms with Crippen molar-refractivity contribution in [2.45, 2.75) is 0 Å². The smallest absolute Gasteiger partial charge is 0.182 e. The Morgan fingerprint density at radius 3 is 2.79 bits per heavy atom. The number of aromatic hydroxyl groups is 1. The van der Waals surface area contributed by atoms with Crippen molar-refractivity contribution < 1.29 is 14.3 Å². The van der Waals surface area contributed by atoms with Gasteiger partial charge < -0.3 is 5.11 Å². The van der Waals surface area contributed by atoms with Crippen LogP contribution in [0, 0.1) is 17.1 Å². The second kappa shape index (κ2) is 4.07. The summed E-state index contributed by atoms with van der Waals surface area (Å²) in [6, 6.07) is 3.83. The van der Waals surface area contributed by atoms with Crippen LogP contribution in [0.15, 0.2) is 12.1 Å². The number of nitrogens with zero attached hydrogens (tertiary/aromatic N) is 1. The van der Waals surface area contributed by atoms with Crippen molar-refractivity contribution in [2.24, 2.45) is 0 Å². The molecule has 0 aliphatic rings. The van der Waals surface area contributed by atoms with Gasteiger partial charge in [0.25, 0.3) is 0 Å². The number of phenolic OH excluding ortho intramolecular Hbond substituents is 1. The van der Waals surface area contributed by atoms with Crippen LogP contribution >= 0.6 is 11.6 Å². The fourth-order valence-corrected chi connectivity index (χ4v) is 1.13. The van der Waals surface area contributed by atoms with E-state index in [1.54, 1.807) is 6.07 Å². The van der Waals surface area contributed by atoms with Crippen LogP contribution in [-0.4, -0.2) is 16.8 Å². The number of benzene rings is 1. The van der Waals surface area contributed by atoms with Crippen LogP contribution in [0.1, 0.15) is 15.9 Å². The van der Waals surface area contributed by atoms with Crippen molar-refractivity contribution in [2.75, 3.05) is 5.88 Å². The Balaban J connectivity index is 3.45. The first-order chi connectivity index (χ1) is 6.61. The third-order valence-corrected chi connectivity index (χ3v) is 1.88. The van der Waals surface area contributed by atoms with Gasteiger partial charge in [0, 0.05) is 0 Å². The van der Waals surface area contributed by atoms with E-state index in [2.05, 4.69) is 0 Å². The Morgan fingerprint density at radius 2 is 2.29 bits per heavy atom. The van der Waals surface area contributed by atoms with Crippen LogP contribution < -0.4 is 0 Å². The predicted molar refractivity (Wildman–Crippen MR) is 47.8 cm³/mol. The van der Waals surface area contributed by atoms with Crippen molar-refractivity contribution >= 4 is 17.4 Å². The molecular weight excluding hydrogens is 209 g/mol. The van der Waals surface area contributed by atoms with Gasteiger partial charge in [-0.05, 0) is 12.1 Å². The fourth-order valence-electron chi connectivity index (χ4n) is 0.998. The standard InChI is InChI=1S/C9H5ClFNO2/c10-3-7(14)8-5(4-12)1-2-6(13)9(8)11/h1-2,13H,3H2. The number of hydrogen-bond donors (Lipinski definition) is 1. The topological polar surface area (TPSA) is 61.1 Å². The number of phenols is 1. The van der Waals surface area contributed by atoms with Crippen molar-refractivity contribution in [1.29, 1.82) is 5.26 Å². The van der Waals surface area contributed by atoms with E-state index >= 15 is 0 Å². The summed E-state index contributed by atoms with van der Waals surface area (Å²) >= 11 is 5.23. The third-order valence-electron chi connectivity index (χ3n) is 1.64. The zero-order chi connectivity index (χ0) is 10.7. The van der Waals surface area contributed by atoms with Gasteiger partial charge in [0.1, 0.15) is 0 Å². The highest BCUT2D eigenvalue weighted by Crippen LogP contribution is 2.23. The summed E-state index contributed by atoms with van der Waals surface area (Å²) in [7, 11) is 0. The maximum Gasteiger partial charge on any atom is 0.182 e. The molecule has 0 atom stereocenters. The van der Waals surface area contributed by atoms with Gasteiger partial charge in [-0.25, -0.2) is 4.39 Å². The first-order valence-electron chi connectivity index (χ1n) is 3.62. The molecule has 1 rings (SSSR count). The second-order valence-corrected chi connectivity index (χ2v) is 2.76. The molecule has 1 aromatic rings. The zero-order valence-electron chi connectivity index (χ0n) is 6.92. The van der Waals surface area contributed by atoms with Gasteiger partial charge in [0.15, 0.2) is 17.3 Å². The van der Waals surface area contributed by atoms with Crippen LogP contribution in [0.2, 0.25) is 0 Å². The zero-order valence-corrected chi connectivity index (χ0v) is 7.68. The average Bonchev–Trinajstić information content (AvgIpc) is 2.20. The minimum absolute atomic E-state index is 0.133. The second-order valence-electron chi connectivity index (χ2n) is 2.49. The Labute approximate surface area is 84.3 Å². The van der Waals surface area contributed by atoms with Crippen LogP contribution in [0.4, 0.5) is 4.39 Å². The van der Waals surface area contributed by atoms with E-state index in [0.717, 1.165) is 12.1 Å². The van der Waals surface area contributed by atoms with Gasteiger partial charge in [0.2, 0.25) is 0 Å². The number of carbonyl (C=O) groups is 1. The van der Waals surface area contributed by atoms with E-state index in [1.165, 1.54) is 0 Å². The van der Waals surface area contributed by atoms with Crippen LogP contribution in [0.25, 0.3) is 0 Å². The number of rotatable bonds is 2. The molecule has 0 saturated heterocycles. The molecule has 1 N–H and O–H groups in total. The molecule has 1 aromatic carbocycles. The molecule has 0 amide bonds.